The molecule has 3 aromatic rings. The van der Waals surface area contributed by atoms with E-state index in [1.165, 1.54) is 11.1 Å². The summed E-state index contributed by atoms with van der Waals surface area (Å²) in [6, 6.07) is 15.7. The molecule has 0 atom stereocenters. The number of carboxylic acid groups (broad SMARTS) is 1. The van der Waals surface area contributed by atoms with Crippen LogP contribution in [0, 0.1) is 0 Å². The lowest BCUT2D eigenvalue weighted by molar-refractivity contribution is 0.0696. The molecule has 0 spiro atoms. The molecular formula is C22H24N2O2. The van der Waals surface area contributed by atoms with Gasteiger partial charge in [0, 0.05) is 25.4 Å². The van der Waals surface area contributed by atoms with Gasteiger partial charge in [0.25, 0.3) is 0 Å². The second kappa shape index (κ2) is 7.16. The molecule has 1 heterocycles. The predicted molar refractivity (Wildman–Crippen MR) is 103 cm³/mol. The van der Waals surface area contributed by atoms with Gasteiger partial charge in [-0.2, -0.15) is 0 Å². The minimum absolute atomic E-state index is 0.145. The first kappa shape index (κ1) is 17.9. The molecule has 4 nitrogen and oxygen atoms in total. The topological polar surface area (TPSA) is 55.1 Å². The SMILES string of the molecule is CC(C)(C)c1ccc(Cc2nccn2Cc2cccc(C(=O)O)c2)cc1. The van der Waals surface area contributed by atoms with Crippen molar-refractivity contribution in [2.75, 3.05) is 0 Å². The minimum atomic E-state index is -0.906. The van der Waals surface area contributed by atoms with Crippen LogP contribution in [0.15, 0.2) is 60.9 Å². The zero-order valence-corrected chi connectivity index (χ0v) is 15.4. The molecule has 1 aromatic heterocycles. The maximum atomic E-state index is 11.1. The molecule has 0 saturated carbocycles. The normalized spacial score (nSPS) is 11.5. The second-order valence-electron chi connectivity index (χ2n) is 7.60. The summed E-state index contributed by atoms with van der Waals surface area (Å²) in [5.41, 5.74) is 3.93. The van der Waals surface area contributed by atoms with Gasteiger partial charge in [-0.1, -0.05) is 57.2 Å². The van der Waals surface area contributed by atoms with Crippen LogP contribution in [0.3, 0.4) is 0 Å². The molecule has 0 aliphatic carbocycles. The highest BCUT2D eigenvalue weighted by molar-refractivity contribution is 5.87. The van der Waals surface area contributed by atoms with E-state index in [4.69, 9.17) is 5.11 Å². The summed E-state index contributed by atoms with van der Waals surface area (Å²) in [6.07, 6.45) is 4.47. The third-order valence-electron chi connectivity index (χ3n) is 4.51. The average Bonchev–Trinajstić information content (AvgIpc) is 3.01. The predicted octanol–water partition coefficient (Wildman–Crippen LogP) is 4.52. The third kappa shape index (κ3) is 4.20. The van der Waals surface area contributed by atoms with Crippen molar-refractivity contribution in [3.05, 3.63) is 89.0 Å². The van der Waals surface area contributed by atoms with Crippen LogP contribution >= 0.6 is 0 Å². The Morgan fingerprint density at radius 3 is 2.46 bits per heavy atom. The van der Waals surface area contributed by atoms with Gasteiger partial charge in [-0.05, 0) is 34.2 Å². The van der Waals surface area contributed by atoms with Crippen LogP contribution in [0.2, 0.25) is 0 Å². The lowest BCUT2D eigenvalue weighted by Crippen LogP contribution is -2.11. The zero-order valence-electron chi connectivity index (χ0n) is 15.4. The Morgan fingerprint density at radius 1 is 1.08 bits per heavy atom. The van der Waals surface area contributed by atoms with Gasteiger partial charge in [0.2, 0.25) is 0 Å². The van der Waals surface area contributed by atoms with Gasteiger partial charge in [0.1, 0.15) is 5.82 Å². The van der Waals surface area contributed by atoms with Gasteiger partial charge in [0.15, 0.2) is 0 Å². The van der Waals surface area contributed by atoms with Crippen LogP contribution < -0.4 is 0 Å². The zero-order chi connectivity index (χ0) is 18.7. The number of carbonyl (C=O) groups is 1. The van der Waals surface area contributed by atoms with E-state index in [9.17, 15) is 4.79 Å². The van der Waals surface area contributed by atoms with Crippen molar-refractivity contribution in [2.24, 2.45) is 0 Å². The molecular weight excluding hydrogens is 324 g/mol. The van der Waals surface area contributed by atoms with Gasteiger partial charge in [-0.3, -0.25) is 0 Å². The van der Waals surface area contributed by atoms with E-state index in [2.05, 4.69) is 54.6 Å². The van der Waals surface area contributed by atoms with Gasteiger partial charge >= 0.3 is 5.97 Å². The van der Waals surface area contributed by atoms with Crippen molar-refractivity contribution in [2.45, 2.75) is 39.2 Å². The number of hydrogen-bond donors (Lipinski definition) is 1. The molecule has 134 valence electrons. The van der Waals surface area contributed by atoms with Crippen molar-refractivity contribution < 1.29 is 9.90 Å². The third-order valence-corrected chi connectivity index (χ3v) is 4.51. The standard InChI is InChI=1S/C22H24N2O2/c1-22(2,3)19-9-7-16(8-10-19)14-20-23-11-12-24(20)15-17-5-4-6-18(13-17)21(25)26/h4-13H,14-15H2,1-3H3,(H,25,26). The summed E-state index contributed by atoms with van der Waals surface area (Å²) in [5, 5.41) is 9.15. The number of nitrogens with zero attached hydrogens (tertiary/aromatic N) is 2. The van der Waals surface area contributed by atoms with Crippen LogP contribution in [0.1, 0.15) is 53.6 Å². The minimum Gasteiger partial charge on any atom is -0.478 e. The number of benzene rings is 2. The van der Waals surface area contributed by atoms with Crippen molar-refractivity contribution in [1.29, 1.82) is 0 Å². The Labute approximate surface area is 154 Å². The molecule has 0 aliphatic heterocycles. The molecule has 3 rings (SSSR count). The lowest BCUT2D eigenvalue weighted by atomic mass is 9.86. The van der Waals surface area contributed by atoms with Crippen LogP contribution in [0.4, 0.5) is 0 Å². The van der Waals surface area contributed by atoms with Crippen molar-refractivity contribution in [1.82, 2.24) is 9.55 Å². The summed E-state index contributed by atoms with van der Waals surface area (Å²) >= 11 is 0. The molecule has 1 N–H and O–H groups in total. The Balaban J connectivity index is 1.77. The van der Waals surface area contributed by atoms with Crippen molar-refractivity contribution in [3.8, 4) is 0 Å². The fraction of sp³-hybridized carbons (Fsp3) is 0.273. The van der Waals surface area contributed by atoms with E-state index in [-0.39, 0.29) is 5.41 Å². The Bertz CT molecular complexity index is 902. The molecule has 26 heavy (non-hydrogen) atoms. The maximum absolute atomic E-state index is 11.1. The highest BCUT2D eigenvalue weighted by Crippen LogP contribution is 2.23. The number of imidazole rings is 1. The Kier molecular flexibility index (Phi) is 4.94. The number of rotatable bonds is 5. The Hall–Kier alpha value is -2.88. The van der Waals surface area contributed by atoms with E-state index in [1.54, 1.807) is 24.4 Å². The van der Waals surface area contributed by atoms with Crippen LogP contribution in [-0.4, -0.2) is 20.6 Å². The van der Waals surface area contributed by atoms with Crippen molar-refractivity contribution >= 4 is 5.97 Å². The van der Waals surface area contributed by atoms with Crippen LogP contribution in [0.5, 0.6) is 0 Å². The van der Waals surface area contributed by atoms with E-state index in [0.717, 1.165) is 17.8 Å². The van der Waals surface area contributed by atoms with Gasteiger partial charge in [0.05, 0.1) is 5.56 Å². The molecule has 0 fully saturated rings. The summed E-state index contributed by atoms with van der Waals surface area (Å²) in [7, 11) is 0. The first-order valence-corrected chi connectivity index (χ1v) is 8.74. The number of aromatic carboxylic acids is 1. The molecule has 4 heteroatoms. The quantitative estimate of drug-likeness (QED) is 0.738. The summed E-state index contributed by atoms with van der Waals surface area (Å²) in [4.78, 5) is 15.6. The molecule has 0 amide bonds. The van der Waals surface area contributed by atoms with E-state index >= 15 is 0 Å². The van der Waals surface area contributed by atoms with E-state index in [0.29, 0.717) is 12.1 Å². The fourth-order valence-electron chi connectivity index (χ4n) is 2.96. The molecule has 0 aliphatic rings. The van der Waals surface area contributed by atoms with Crippen LogP contribution in [0.25, 0.3) is 0 Å². The smallest absolute Gasteiger partial charge is 0.335 e. The maximum Gasteiger partial charge on any atom is 0.335 e. The monoisotopic (exact) mass is 348 g/mol. The second-order valence-corrected chi connectivity index (χ2v) is 7.60. The summed E-state index contributed by atoms with van der Waals surface area (Å²) in [5.74, 6) is 0.0610. The van der Waals surface area contributed by atoms with E-state index in [1.807, 2.05) is 12.3 Å². The number of hydrogen-bond acceptors (Lipinski definition) is 2. The lowest BCUT2D eigenvalue weighted by Gasteiger charge is -2.19. The average molecular weight is 348 g/mol. The van der Waals surface area contributed by atoms with E-state index < -0.39 is 5.97 Å². The van der Waals surface area contributed by atoms with Gasteiger partial charge in [-0.15, -0.1) is 0 Å². The Morgan fingerprint density at radius 2 is 1.81 bits per heavy atom. The molecule has 0 radical (unpaired) electrons. The first-order chi connectivity index (χ1) is 12.3. The molecule has 0 bridgehead atoms. The van der Waals surface area contributed by atoms with Crippen molar-refractivity contribution in [3.63, 3.8) is 0 Å². The summed E-state index contributed by atoms with van der Waals surface area (Å²) < 4.78 is 2.07. The molecule has 2 aromatic carbocycles. The van der Waals surface area contributed by atoms with Crippen LogP contribution in [-0.2, 0) is 18.4 Å². The highest BCUT2D eigenvalue weighted by Gasteiger charge is 2.13. The van der Waals surface area contributed by atoms with Gasteiger partial charge in [-0.25, -0.2) is 9.78 Å². The first-order valence-electron chi connectivity index (χ1n) is 8.74. The molecule has 0 saturated heterocycles. The largest absolute Gasteiger partial charge is 0.478 e. The molecule has 0 unspecified atom stereocenters. The van der Waals surface area contributed by atoms with Gasteiger partial charge < -0.3 is 9.67 Å². The highest BCUT2D eigenvalue weighted by atomic mass is 16.4. The summed E-state index contributed by atoms with van der Waals surface area (Å²) in [6.45, 7) is 7.23. The fourth-order valence-corrected chi connectivity index (χ4v) is 2.96. The number of aromatic nitrogens is 2. The number of carboxylic acids is 1.